The Hall–Kier alpha value is -0.120. The number of nitrogens with zero attached hydrogens (tertiary/aromatic N) is 1. The topological polar surface area (TPSA) is 24.5 Å². The van der Waals surface area contributed by atoms with Crippen molar-refractivity contribution in [2.75, 3.05) is 27.3 Å². The summed E-state index contributed by atoms with van der Waals surface area (Å²) in [5.41, 5.74) is 0. The van der Waals surface area contributed by atoms with Gasteiger partial charge in [0, 0.05) is 25.2 Å². The van der Waals surface area contributed by atoms with Gasteiger partial charge in [-0.25, -0.2) is 0 Å². The molecule has 0 aromatic carbocycles. The zero-order valence-corrected chi connectivity index (χ0v) is 10.9. The Bertz CT molecular complexity index is 218. The summed E-state index contributed by atoms with van der Waals surface area (Å²) in [4.78, 5) is 2.51. The van der Waals surface area contributed by atoms with Crippen LogP contribution in [0.15, 0.2) is 0 Å². The molecule has 0 amide bonds. The summed E-state index contributed by atoms with van der Waals surface area (Å²) in [6.07, 6.45) is 5.55. The number of nitrogens with one attached hydrogen (secondary N) is 1. The third kappa shape index (κ3) is 2.96. The molecule has 0 bridgehead atoms. The van der Waals surface area contributed by atoms with Gasteiger partial charge >= 0.3 is 0 Å². The predicted octanol–water partition coefficient (Wildman–Crippen LogP) is 1.48. The lowest BCUT2D eigenvalue weighted by atomic mass is 9.78. The fourth-order valence-corrected chi connectivity index (χ4v) is 2.62. The fourth-order valence-electron chi connectivity index (χ4n) is 2.62. The summed E-state index contributed by atoms with van der Waals surface area (Å²) >= 11 is 0. The molecule has 2 rings (SSSR count). The molecule has 0 radical (unpaired) electrons. The van der Waals surface area contributed by atoms with E-state index in [1.807, 2.05) is 0 Å². The van der Waals surface area contributed by atoms with Crippen molar-refractivity contribution < 1.29 is 4.74 Å². The molecular weight excluding hydrogens is 200 g/mol. The molecular formula is C13H26N2O. The molecule has 0 saturated heterocycles. The molecule has 2 saturated carbocycles. The van der Waals surface area contributed by atoms with E-state index < -0.39 is 0 Å². The Labute approximate surface area is 99.5 Å². The van der Waals surface area contributed by atoms with Crippen LogP contribution in [0.25, 0.3) is 0 Å². The first-order chi connectivity index (χ1) is 7.72. The van der Waals surface area contributed by atoms with Crippen molar-refractivity contribution in [3.63, 3.8) is 0 Å². The summed E-state index contributed by atoms with van der Waals surface area (Å²) in [6.45, 7) is 4.32. The van der Waals surface area contributed by atoms with Gasteiger partial charge in [0.25, 0.3) is 0 Å². The Kier molecular flexibility index (Phi) is 4.22. The second-order valence-electron chi connectivity index (χ2n) is 5.56. The fraction of sp³-hybridized carbons (Fsp3) is 1.00. The molecule has 3 heteroatoms. The lowest BCUT2D eigenvalue weighted by Crippen LogP contribution is -2.52. The van der Waals surface area contributed by atoms with Crippen LogP contribution in [0.2, 0.25) is 0 Å². The normalized spacial score (nSPS) is 31.5. The first-order valence-corrected chi connectivity index (χ1v) is 6.66. The van der Waals surface area contributed by atoms with E-state index in [4.69, 9.17) is 4.74 Å². The van der Waals surface area contributed by atoms with Crippen molar-refractivity contribution in [1.82, 2.24) is 10.2 Å². The lowest BCUT2D eigenvalue weighted by molar-refractivity contribution is 0.0234. The van der Waals surface area contributed by atoms with Crippen molar-refractivity contribution >= 4 is 0 Å². The third-order valence-electron chi connectivity index (χ3n) is 4.25. The molecule has 2 aliphatic carbocycles. The quantitative estimate of drug-likeness (QED) is 0.712. The maximum atomic E-state index is 5.23. The zero-order chi connectivity index (χ0) is 11.5. The van der Waals surface area contributed by atoms with Gasteiger partial charge in [0.05, 0.1) is 6.61 Å². The summed E-state index contributed by atoms with van der Waals surface area (Å²) < 4.78 is 5.23. The highest BCUT2D eigenvalue weighted by Gasteiger charge is 2.36. The van der Waals surface area contributed by atoms with Crippen LogP contribution in [0.4, 0.5) is 0 Å². The van der Waals surface area contributed by atoms with Gasteiger partial charge in [0.2, 0.25) is 0 Å². The van der Waals surface area contributed by atoms with Crippen LogP contribution in [0.1, 0.15) is 32.6 Å². The van der Waals surface area contributed by atoms with E-state index in [0.29, 0.717) is 6.04 Å². The number of hydrogen-bond acceptors (Lipinski definition) is 3. The maximum Gasteiger partial charge on any atom is 0.0615 e. The average molecular weight is 226 g/mol. The van der Waals surface area contributed by atoms with Gasteiger partial charge in [0.1, 0.15) is 0 Å². The van der Waals surface area contributed by atoms with Gasteiger partial charge in [0.15, 0.2) is 0 Å². The van der Waals surface area contributed by atoms with E-state index in [2.05, 4.69) is 24.2 Å². The second-order valence-corrected chi connectivity index (χ2v) is 5.56. The van der Waals surface area contributed by atoms with Gasteiger partial charge in [-0.1, -0.05) is 0 Å². The average Bonchev–Trinajstić information content (AvgIpc) is 3.00. The predicted molar refractivity (Wildman–Crippen MR) is 66.6 cm³/mol. The molecule has 0 aromatic heterocycles. The first kappa shape index (κ1) is 12.3. The van der Waals surface area contributed by atoms with Crippen LogP contribution in [-0.4, -0.2) is 50.3 Å². The highest BCUT2D eigenvalue weighted by atomic mass is 16.5. The van der Waals surface area contributed by atoms with E-state index in [-0.39, 0.29) is 0 Å². The van der Waals surface area contributed by atoms with Crippen LogP contribution >= 0.6 is 0 Å². The minimum atomic E-state index is 0.540. The lowest BCUT2D eigenvalue weighted by Gasteiger charge is -2.45. The van der Waals surface area contributed by atoms with Crippen LogP contribution in [0.5, 0.6) is 0 Å². The highest BCUT2D eigenvalue weighted by molar-refractivity contribution is 4.92. The Morgan fingerprint density at radius 3 is 2.56 bits per heavy atom. The largest absolute Gasteiger partial charge is 0.383 e. The standard InChI is InChI=1S/C13H26N2O/c1-10(9-16-3)15(2)13-7-4-11(13)8-14-12-5-6-12/h10-14H,4-9H2,1-3H3. The van der Waals surface area contributed by atoms with Gasteiger partial charge < -0.3 is 10.1 Å². The number of methoxy groups -OCH3 is 1. The van der Waals surface area contributed by atoms with Crippen molar-refractivity contribution in [2.45, 2.75) is 50.7 Å². The molecule has 2 aliphatic rings. The monoisotopic (exact) mass is 226 g/mol. The van der Waals surface area contributed by atoms with E-state index in [1.165, 1.54) is 32.2 Å². The van der Waals surface area contributed by atoms with Crippen LogP contribution in [0.3, 0.4) is 0 Å². The van der Waals surface area contributed by atoms with Gasteiger partial charge in [-0.15, -0.1) is 0 Å². The third-order valence-corrected chi connectivity index (χ3v) is 4.25. The van der Waals surface area contributed by atoms with Crippen molar-refractivity contribution in [3.05, 3.63) is 0 Å². The molecule has 2 fully saturated rings. The molecule has 3 atom stereocenters. The smallest absolute Gasteiger partial charge is 0.0615 e. The molecule has 1 N–H and O–H groups in total. The van der Waals surface area contributed by atoms with Crippen molar-refractivity contribution in [1.29, 1.82) is 0 Å². The Balaban J connectivity index is 1.70. The molecule has 0 aromatic rings. The van der Waals surface area contributed by atoms with Crippen LogP contribution < -0.4 is 5.32 Å². The second kappa shape index (κ2) is 5.48. The molecule has 16 heavy (non-hydrogen) atoms. The van der Waals surface area contributed by atoms with Crippen molar-refractivity contribution in [3.8, 4) is 0 Å². The zero-order valence-electron chi connectivity index (χ0n) is 10.9. The highest BCUT2D eigenvalue weighted by Crippen LogP contribution is 2.32. The van der Waals surface area contributed by atoms with Crippen LogP contribution in [-0.2, 0) is 4.74 Å². The van der Waals surface area contributed by atoms with Gasteiger partial charge in [-0.3, -0.25) is 4.90 Å². The first-order valence-electron chi connectivity index (χ1n) is 6.66. The van der Waals surface area contributed by atoms with E-state index >= 15 is 0 Å². The SMILES string of the molecule is COCC(C)N(C)C1CCC1CNC1CC1. The van der Waals surface area contributed by atoms with Crippen LogP contribution in [0, 0.1) is 5.92 Å². The molecule has 0 heterocycles. The molecule has 94 valence electrons. The number of hydrogen-bond donors (Lipinski definition) is 1. The summed E-state index contributed by atoms with van der Waals surface area (Å²) in [5.74, 6) is 0.866. The molecule has 0 spiro atoms. The molecule has 3 unspecified atom stereocenters. The number of likely N-dealkylation sites (N-methyl/N-ethyl adjacent to an activating group) is 1. The number of ether oxygens (including phenoxy) is 1. The maximum absolute atomic E-state index is 5.23. The number of rotatable bonds is 7. The van der Waals surface area contributed by atoms with E-state index in [9.17, 15) is 0 Å². The summed E-state index contributed by atoms with van der Waals surface area (Å²) in [6, 6.07) is 2.16. The Morgan fingerprint density at radius 1 is 1.31 bits per heavy atom. The van der Waals surface area contributed by atoms with Crippen molar-refractivity contribution in [2.24, 2.45) is 5.92 Å². The molecule has 3 nitrogen and oxygen atoms in total. The minimum absolute atomic E-state index is 0.540. The van der Waals surface area contributed by atoms with E-state index in [1.54, 1.807) is 7.11 Å². The van der Waals surface area contributed by atoms with Gasteiger partial charge in [-0.05, 0) is 52.1 Å². The summed E-state index contributed by atoms with van der Waals surface area (Å²) in [7, 11) is 4.04. The Morgan fingerprint density at radius 2 is 2.06 bits per heavy atom. The molecule has 0 aliphatic heterocycles. The minimum Gasteiger partial charge on any atom is -0.383 e. The van der Waals surface area contributed by atoms with Gasteiger partial charge in [-0.2, -0.15) is 0 Å². The van der Waals surface area contributed by atoms with E-state index in [0.717, 1.165) is 24.6 Å². The summed E-state index contributed by atoms with van der Waals surface area (Å²) in [5, 5.41) is 3.66.